The van der Waals surface area contributed by atoms with Crippen LogP contribution in [0.15, 0.2) is 33.7 Å². The van der Waals surface area contributed by atoms with Gasteiger partial charge in [0, 0.05) is 18.1 Å². The van der Waals surface area contributed by atoms with Crippen LogP contribution in [0.3, 0.4) is 0 Å². The van der Waals surface area contributed by atoms with E-state index in [1.54, 1.807) is 7.05 Å². The maximum atomic E-state index is 5.64. The van der Waals surface area contributed by atoms with E-state index in [4.69, 9.17) is 4.74 Å². The van der Waals surface area contributed by atoms with E-state index < -0.39 is 0 Å². The van der Waals surface area contributed by atoms with Crippen molar-refractivity contribution in [3.05, 3.63) is 28.7 Å². The Kier molecular flexibility index (Phi) is 8.28. The van der Waals surface area contributed by atoms with E-state index in [1.807, 2.05) is 24.3 Å². The molecule has 1 saturated carbocycles. The summed E-state index contributed by atoms with van der Waals surface area (Å²) in [4.78, 5) is 4.18. The van der Waals surface area contributed by atoms with Gasteiger partial charge in [0.15, 0.2) is 5.96 Å². The maximum absolute atomic E-state index is 5.64. The molecule has 1 aliphatic carbocycles. The number of nitrogens with zero attached hydrogens (tertiary/aromatic N) is 1. The first-order valence-electron chi connectivity index (χ1n) is 6.61. The van der Waals surface area contributed by atoms with Crippen LogP contribution in [0.4, 0.5) is 0 Å². The molecule has 0 amide bonds. The summed E-state index contributed by atoms with van der Waals surface area (Å²) in [5, 5.41) is 6.55. The summed E-state index contributed by atoms with van der Waals surface area (Å²) in [6.45, 7) is 2.36. The van der Waals surface area contributed by atoms with Gasteiger partial charge < -0.3 is 15.4 Å². The van der Waals surface area contributed by atoms with E-state index in [0.29, 0.717) is 6.61 Å². The zero-order valence-electron chi connectivity index (χ0n) is 11.6. The van der Waals surface area contributed by atoms with Gasteiger partial charge in [-0.1, -0.05) is 22.0 Å². The number of hydrogen-bond donors (Lipinski definition) is 2. The Morgan fingerprint density at radius 3 is 2.85 bits per heavy atom. The third kappa shape index (κ3) is 6.78. The van der Waals surface area contributed by atoms with E-state index in [0.717, 1.165) is 35.2 Å². The third-order valence-electron chi connectivity index (χ3n) is 2.94. The molecule has 0 radical (unpaired) electrons. The van der Waals surface area contributed by atoms with Crippen LogP contribution in [0.5, 0.6) is 5.75 Å². The van der Waals surface area contributed by atoms with Crippen molar-refractivity contribution < 1.29 is 4.74 Å². The fraction of sp³-hybridized carbons (Fsp3) is 0.500. The van der Waals surface area contributed by atoms with Gasteiger partial charge in [0.1, 0.15) is 12.4 Å². The molecule has 0 bridgehead atoms. The molecule has 0 aromatic heterocycles. The first kappa shape index (κ1) is 17.6. The Bertz CT molecular complexity index is 438. The van der Waals surface area contributed by atoms with Gasteiger partial charge in [0.05, 0.1) is 6.54 Å². The fourth-order valence-corrected chi connectivity index (χ4v) is 2.06. The quantitative estimate of drug-likeness (QED) is 0.301. The molecule has 1 aromatic rings. The Hall–Kier alpha value is -0.500. The minimum atomic E-state index is 0. The highest BCUT2D eigenvalue weighted by molar-refractivity contribution is 14.0. The van der Waals surface area contributed by atoms with Crippen LogP contribution in [0.25, 0.3) is 0 Å². The summed E-state index contributed by atoms with van der Waals surface area (Å²) in [5.41, 5.74) is 0. The summed E-state index contributed by atoms with van der Waals surface area (Å²) in [5.74, 6) is 2.57. The Balaban J connectivity index is 0.00000200. The van der Waals surface area contributed by atoms with Gasteiger partial charge in [-0.2, -0.15) is 0 Å². The normalized spacial score (nSPS) is 14.4. The van der Waals surface area contributed by atoms with Crippen molar-refractivity contribution in [1.29, 1.82) is 0 Å². The lowest BCUT2D eigenvalue weighted by Crippen LogP contribution is -2.40. The Morgan fingerprint density at radius 2 is 2.20 bits per heavy atom. The van der Waals surface area contributed by atoms with Crippen LogP contribution in [-0.4, -0.2) is 32.7 Å². The molecule has 0 spiro atoms. The molecule has 2 rings (SSSR count). The first-order chi connectivity index (χ1) is 9.28. The highest BCUT2D eigenvalue weighted by Crippen LogP contribution is 2.27. The molecule has 1 aliphatic rings. The van der Waals surface area contributed by atoms with Crippen LogP contribution in [0.2, 0.25) is 0 Å². The monoisotopic (exact) mass is 453 g/mol. The number of guanidine groups is 1. The predicted octanol–water partition coefficient (Wildman–Crippen LogP) is 3.02. The first-order valence-corrected chi connectivity index (χ1v) is 7.40. The number of benzene rings is 1. The molecule has 2 N–H and O–H groups in total. The molecule has 1 aromatic carbocycles. The number of nitrogens with one attached hydrogen (secondary N) is 2. The van der Waals surface area contributed by atoms with Crippen LogP contribution in [-0.2, 0) is 0 Å². The van der Waals surface area contributed by atoms with Crippen molar-refractivity contribution in [2.75, 3.05) is 26.7 Å². The Labute approximate surface area is 145 Å². The van der Waals surface area contributed by atoms with Gasteiger partial charge >= 0.3 is 0 Å². The maximum Gasteiger partial charge on any atom is 0.191 e. The zero-order valence-corrected chi connectivity index (χ0v) is 15.5. The lowest BCUT2D eigenvalue weighted by Gasteiger charge is -2.12. The standard InChI is InChI=1S/C14H20BrN3O.HI/c1-16-14(18-10-11-5-6-11)17-7-8-19-13-4-2-3-12(15)9-13;/h2-4,9,11H,5-8,10H2,1H3,(H2,16,17,18);1H. The van der Waals surface area contributed by atoms with Gasteiger partial charge in [-0.15, -0.1) is 24.0 Å². The minimum absolute atomic E-state index is 0. The zero-order chi connectivity index (χ0) is 13.5. The number of ether oxygens (including phenoxy) is 1. The lowest BCUT2D eigenvalue weighted by molar-refractivity contribution is 0.321. The van der Waals surface area contributed by atoms with Crippen LogP contribution in [0.1, 0.15) is 12.8 Å². The summed E-state index contributed by atoms with van der Waals surface area (Å²) >= 11 is 3.42. The summed E-state index contributed by atoms with van der Waals surface area (Å²) in [7, 11) is 1.79. The topological polar surface area (TPSA) is 45.7 Å². The largest absolute Gasteiger partial charge is 0.492 e. The van der Waals surface area contributed by atoms with E-state index in [1.165, 1.54) is 12.8 Å². The highest BCUT2D eigenvalue weighted by atomic mass is 127. The van der Waals surface area contributed by atoms with Crippen LogP contribution < -0.4 is 15.4 Å². The second kappa shape index (κ2) is 9.44. The smallest absolute Gasteiger partial charge is 0.191 e. The van der Waals surface area contributed by atoms with Crippen molar-refractivity contribution >= 4 is 45.9 Å². The van der Waals surface area contributed by atoms with Gasteiger partial charge in [-0.05, 0) is 37.0 Å². The predicted molar refractivity (Wildman–Crippen MR) is 97.1 cm³/mol. The number of hydrogen-bond acceptors (Lipinski definition) is 2. The van der Waals surface area contributed by atoms with Gasteiger partial charge in [0.2, 0.25) is 0 Å². The number of halogens is 2. The SMILES string of the molecule is CN=C(NCCOc1cccc(Br)c1)NCC1CC1.I. The minimum Gasteiger partial charge on any atom is -0.492 e. The van der Waals surface area contributed by atoms with Crippen molar-refractivity contribution in [1.82, 2.24) is 10.6 Å². The molecule has 0 atom stereocenters. The van der Waals surface area contributed by atoms with Crippen molar-refractivity contribution in [3.63, 3.8) is 0 Å². The van der Waals surface area contributed by atoms with Crippen molar-refractivity contribution in [3.8, 4) is 5.75 Å². The third-order valence-corrected chi connectivity index (χ3v) is 3.43. The second-order valence-corrected chi connectivity index (χ2v) is 5.54. The fourth-order valence-electron chi connectivity index (χ4n) is 1.68. The Morgan fingerprint density at radius 1 is 1.40 bits per heavy atom. The van der Waals surface area contributed by atoms with E-state index in [-0.39, 0.29) is 24.0 Å². The molecule has 0 unspecified atom stereocenters. The van der Waals surface area contributed by atoms with Crippen LogP contribution >= 0.6 is 39.9 Å². The average molecular weight is 454 g/mol. The molecular formula is C14H21BrIN3O. The summed E-state index contributed by atoms with van der Waals surface area (Å²) < 4.78 is 6.67. The van der Waals surface area contributed by atoms with E-state index >= 15 is 0 Å². The van der Waals surface area contributed by atoms with Crippen LogP contribution in [0, 0.1) is 5.92 Å². The highest BCUT2D eigenvalue weighted by Gasteiger charge is 2.20. The van der Waals surface area contributed by atoms with Gasteiger partial charge in [0.25, 0.3) is 0 Å². The molecule has 0 heterocycles. The number of aliphatic imine (C=N–C) groups is 1. The van der Waals surface area contributed by atoms with E-state index in [9.17, 15) is 0 Å². The average Bonchev–Trinajstić information content (AvgIpc) is 3.22. The van der Waals surface area contributed by atoms with Crippen molar-refractivity contribution in [2.45, 2.75) is 12.8 Å². The van der Waals surface area contributed by atoms with Gasteiger partial charge in [-0.3, -0.25) is 4.99 Å². The van der Waals surface area contributed by atoms with E-state index in [2.05, 4.69) is 31.6 Å². The molecule has 0 aliphatic heterocycles. The number of rotatable bonds is 6. The molecule has 6 heteroatoms. The van der Waals surface area contributed by atoms with Gasteiger partial charge in [-0.25, -0.2) is 0 Å². The molecule has 0 saturated heterocycles. The summed E-state index contributed by atoms with van der Waals surface area (Å²) in [6, 6.07) is 7.85. The molecule has 4 nitrogen and oxygen atoms in total. The molecular weight excluding hydrogens is 433 g/mol. The second-order valence-electron chi connectivity index (χ2n) is 4.63. The molecule has 1 fully saturated rings. The van der Waals surface area contributed by atoms with Crippen molar-refractivity contribution in [2.24, 2.45) is 10.9 Å². The molecule has 112 valence electrons. The summed E-state index contributed by atoms with van der Waals surface area (Å²) in [6.07, 6.45) is 2.69. The molecule has 20 heavy (non-hydrogen) atoms. The lowest BCUT2D eigenvalue weighted by atomic mass is 10.3.